The molecular weight excluding hydrogens is 415 g/mol. The molecular formula is C24H27FN2O5. The summed E-state index contributed by atoms with van der Waals surface area (Å²) in [6, 6.07) is 9.73. The molecule has 0 spiro atoms. The minimum Gasteiger partial charge on any atom is -0.507 e. The molecule has 170 valence electrons. The molecule has 1 saturated heterocycles. The number of carbonyl (C=O) groups is 2. The van der Waals surface area contributed by atoms with E-state index in [4.69, 9.17) is 9.47 Å². The molecule has 1 aliphatic rings. The monoisotopic (exact) mass is 442 g/mol. The smallest absolute Gasteiger partial charge is 0.295 e. The van der Waals surface area contributed by atoms with Crippen molar-refractivity contribution < 1.29 is 28.6 Å². The van der Waals surface area contributed by atoms with Crippen LogP contribution in [0.5, 0.6) is 11.5 Å². The van der Waals surface area contributed by atoms with Gasteiger partial charge in [-0.05, 0) is 63.0 Å². The number of amides is 1. The van der Waals surface area contributed by atoms with Gasteiger partial charge in [0.2, 0.25) is 0 Å². The van der Waals surface area contributed by atoms with Crippen molar-refractivity contribution in [1.29, 1.82) is 0 Å². The molecule has 0 saturated carbocycles. The topological polar surface area (TPSA) is 79.3 Å². The Hall–Kier alpha value is -3.39. The number of ketones is 1. The average Bonchev–Trinajstić information content (AvgIpc) is 3.03. The van der Waals surface area contributed by atoms with Gasteiger partial charge in [0, 0.05) is 6.54 Å². The molecule has 1 heterocycles. The number of aliphatic hydroxyl groups is 1. The van der Waals surface area contributed by atoms with Gasteiger partial charge in [0.05, 0.1) is 31.4 Å². The number of ether oxygens (including phenoxy) is 2. The summed E-state index contributed by atoms with van der Waals surface area (Å²) < 4.78 is 24.4. The highest BCUT2D eigenvalue weighted by Crippen LogP contribution is 2.41. The molecule has 1 aliphatic heterocycles. The highest BCUT2D eigenvalue weighted by molar-refractivity contribution is 6.46. The van der Waals surface area contributed by atoms with Gasteiger partial charge < -0.3 is 24.4 Å². The Balaban J connectivity index is 2.15. The number of carbonyl (C=O) groups excluding carboxylic acids is 2. The van der Waals surface area contributed by atoms with Gasteiger partial charge in [-0.2, -0.15) is 0 Å². The minimum absolute atomic E-state index is 0.0114. The zero-order chi connectivity index (χ0) is 23.4. The summed E-state index contributed by atoms with van der Waals surface area (Å²) in [5.74, 6) is -1.80. The number of aliphatic hydroxyl groups excluding tert-OH is 1. The van der Waals surface area contributed by atoms with Crippen molar-refractivity contribution in [3.8, 4) is 11.5 Å². The second kappa shape index (κ2) is 9.82. The van der Waals surface area contributed by atoms with E-state index in [9.17, 15) is 19.1 Å². The standard InChI is InChI=1S/C24H27FN2O5/c1-26(2)12-5-13-27-21(15-6-9-17(31-3)10-7-15)20(23(29)24(27)30)22(28)18-14-16(25)8-11-19(18)32-4/h6-11,14,21,28H,5,12-13H2,1-4H3/b22-20+. The Kier molecular flexibility index (Phi) is 7.15. The van der Waals surface area contributed by atoms with E-state index in [0.717, 1.165) is 12.6 Å². The summed E-state index contributed by atoms with van der Waals surface area (Å²) in [6.45, 7) is 1.03. The van der Waals surface area contributed by atoms with Gasteiger partial charge in [0.1, 0.15) is 23.1 Å². The van der Waals surface area contributed by atoms with Crippen LogP contribution in [-0.4, -0.2) is 68.0 Å². The van der Waals surface area contributed by atoms with E-state index in [1.807, 2.05) is 19.0 Å². The average molecular weight is 442 g/mol. The number of benzene rings is 2. The van der Waals surface area contributed by atoms with Crippen LogP contribution in [0.4, 0.5) is 4.39 Å². The molecule has 7 nitrogen and oxygen atoms in total. The van der Waals surface area contributed by atoms with Crippen molar-refractivity contribution in [2.75, 3.05) is 41.4 Å². The molecule has 0 bridgehead atoms. The first-order chi connectivity index (χ1) is 15.3. The van der Waals surface area contributed by atoms with Gasteiger partial charge in [-0.3, -0.25) is 9.59 Å². The molecule has 1 fully saturated rings. The van der Waals surface area contributed by atoms with Crippen molar-refractivity contribution >= 4 is 17.4 Å². The number of methoxy groups -OCH3 is 2. The molecule has 2 aromatic rings. The van der Waals surface area contributed by atoms with Gasteiger partial charge in [0.15, 0.2) is 0 Å². The molecule has 0 aromatic heterocycles. The van der Waals surface area contributed by atoms with Gasteiger partial charge in [-0.1, -0.05) is 12.1 Å². The maximum atomic E-state index is 14.0. The van der Waals surface area contributed by atoms with Gasteiger partial charge in [0.25, 0.3) is 11.7 Å². The van der Waals surface area contributed by atoms with Crippen molar-refractivity contribution in [2.24, 2.45) is 0 Å². The second-order valence-corrected chi connectivity index (χ2v) is 7.77. The number of hydrogen-bond donors (Lipinski definition) is 1. The lowest BCUT2D eigenvalue weighted by Crippen LogP contribution is -2.32. The number of hydrogen-bond acceptors (Lipinski definition) is 6. The molecule has 8 heteroatoms. The van der Waals surface area contributed by atoms with Crippen molar-refractivity contribution in [3.05, 3.63) is 65.0 Å². The highest BCUT2D eigenvalue weighted by Gasteiger charge is 2.46. The quantitative estimate of drug-likeness (QED) is 0.384. The van der Waals surface area contributed by atoms with Crippen LogP contribution >= 0.6 is 0 Å². The summed E-state index contributed by atoms with van der Waals surface area (Å²) in [6.07, 6.45) is 0.635. The van der Waals surface area contributed by atoms with Gasteiger partial charge in [-0.15, -0.1) is 0 Å². The van der Waals surface area contributed by atoms with E-state index >= 15 is 0 Å². The fraction of sp³-hybridized carbons (Fsp3) is 0.333. The summed E-state index contributed by atoms with van der Waals surface area (Å²) >= 11 is 0. The van der Waals surface area contributed by atoms with Crippen LogP contribution in [0, 0.1) is 5.82 Å². The fourth-order valence-electron chi connectivity index (χ4n) is 3.81. The third kappa shape index (κ3) is 4.60. The number of rotatable bonds is 8. The zero-order valence-electron chi connectivity index (χ0n) is 18.6. The Labute approximate surface area is 186 Å². The third-order valence-electron chi connectivity index (χ3n) is 5.39. The Morgan fingerprint density at radius 2 is 1.78 bits per heavy atom. The van der Waals surface area contributed by atoms with Crippen LogP contribution < -0.4 is 9.47 Å². The molecule has 2 aromatic carbocycles. The van der Waals surface area contributed by atoms with E-state index in [2.05, 4.69) is 0 Å². The van der Waals surface area contributed by atoms with E-state index in [-0.39, 0.29) is 16.9 Å². The minimum atomic E-state index is -0.823. The van der Waals surface area contributed by atoms with Crippen LogP contribution in [0.2, 0.25) is 0 Å². The lowest BCUT2D eigenvalue weighted by atomic mass is 9.95. The normalized spacial score (nSPS) is 17.8. The molecule has 1 unspecified atom stereocenters. The predicted octanol–water partition coefficient (Wildman–Crippen LogP) is 3.22. The number of halogens is 1. The summed E-state index contributed by atoms with van der Waals surface area (Å²) in [5.41, 5.74) is 0.540. The van der Waals surface area contributed by atoms with Crippen molar-refractivity contribution in [3.63, 3.8) is 0 Å². The number of nitrogens with zero attached hydrogens (tertiary/aromatic N) is 2. The Bertz CT molecular complexity index is 1030. The second-order valence-electron chi connectivity index (χ2n) is 7.77. The molecule has 1 amide bonds. The lowest BCUT2D eigenvalue weighted by molar-refractivity contribution is -0.139. The molecule has 3 rings (SSSR count). The maximum absolute atomic E-state index is 14.0. The van der Waals surface area contributed by atoms with Gasteiger partial charge in [-0.25, -0.2) is 4.39 Å². The summed E-state index contributed by atoms with van der Waals surface area (Å²) in [5, 5.41) is 11.1. The third-order valence-corrected chi connectivity index (χ3v) is 5.39. The van der Waals surface area contributed by atoms with Crippen molar-refractivity contribution in [2.45, 2.75) is 12.5 Å². The van der Waals surface area contributed by atoms with Crippen LogP contribution in [-0.2, 0) is 9.59 Å². The fourth-order valence-corrected chi connectivity index (χ4v) is 3.81. The van der Waals surface area contributed by atoms with Crippen molar-refractivity contribution in [1.82, 2.24) is 9.80 Å². The Morgan fingerprint density at radius 3 is 2.38 bits per heavy atom. The number of Topliss-reactive ketones (excluding diaryl/α,β-unsaturated/α-hetero) is 1. The maximum Gasteiger partial charge on any atom is 0.295 e. The lowest BCUT2D eigenvalue weighted by Gasteiger charge is -2.26. The first-order valence-corrected chi connectivity index (χ1v) is 10.2. The molecule has 1 atom stereocenters. The van der Waals surface area contributed by atoms with E-state index < -0.39 is 29.3 Å². The van der Waals surface area contributed by atoms with Gasteiger partial charge >= 0.3 is 0 Å². The zero-order valence-corrected chi connectivity index (χ0v) is 18.6. The van der Waals surface area contributed by atoms with Crippen LogP contribution in [0.1, 0.15) is 23.6 Å². The van der Waals surface area contributed by atoms with Crippen LogP contribution in [0.15, 0.2) is 48.0 Å². The predicted molar refractivity (Wildman–Crippen MR) is 118 cm³/mol. The largest absolute Gasteiger partial charge is 0.507 e. The summed E-state index contributed by atoms with van der Waals surface area (Å²) in [4.78, 5) is 29.4. The molecule has 32 heavy (non-hydrogen) atoms. The van der Waals surface area contributed by atoms with Crippen LogP contribution in [0.25, 0.3) is 5.76 Å². The highest BCUT2D eigenvalue weighted by atomic mass is 19.1. The Morgan fingerprint density at radius 1 is 1.09 bits per heavy atom. The SMILES string of the molecule is COc1ccc(C2/C(=C(\O)c3cc(F)ccc3OC)C(=O)C(=O)N2CCCN(C)C)cc1. The van der Waals surface area contributed by atoms with Crippen LogP contribution in [0.3, 0.4) is 0 Å². The first kappa shape index (κ1) is 23.3. The van der Waals surface area contributed by atoms with E-state index in [0.29, 0.717) is 24.3 Å². The summed E-state index contributed by atoms with van der Waals surface area (Å²) in [7, 11) is 6.76. The first-order valence-electron chi connectivity index (χ1n) is 10.2. The van der Waals surface area contributed by atoms with E-state index in [1.165, 1.54) is 24.1 Å². The number of likely N-dealkylation sites (tertiary alicyclic amines) is 1. The van der Waals surface area contributed by atoms with E-state index in [1.54, 1.807) is 31.4 Å². The molecule has 0 radical (unpaired) electrons. The molecule has 1 N–H and O–H groups in total. The molecule has 0 aliphatic carbocycles.